The van der Waals surface area contributed by atoms with Gasteiger partial charge in [-0.3, -0.25) is 0 Å². The van der Waals surface area contributed by atoms with Gasteiger partial charge in [0.25, 0.3) is 0 Å². The van der Waals surface area contributed by atoms with E-state index in [1.54, 1.807) is 17.4 Å². The maximum absolute atomic E-state index is 10.2. The summed E-state index contributed by atoms with van der Waals surface area (Å²) in [6.45, 7) is 6.60. The van der Waals surface area contributed by atoms with Gasteiger partial charge in [-0.1, -0.05) is 42.8 Å². The van der Waals surface area contributed by atoms with Crippen LogP contribution in [0.25, 0.3) is 0 Å². The second-order valence-electron chi connectivity index (χ2n) is 5.57. The summed E-state index contributed by atoms with van der Waals surface area (Å²) < 4.78 is 0.993. The number of rotatable bonds is 6. The molecule has 2 N–H and O–H groups in total. The molecule has 0 saturated carbocycles. The molecule has 21 heavy (non-hydrogen) atoms. The first-order chi connectivity index (χ1) is 10.0. The standard InChI is InChI=1S/C17H22BrNOS/c1-4-14(13-10-12(18)7-8-15(13)20)19-17(11(2)3)16-6-5-9-21-16/h5-11,14,17,19-20H,4H2,1-3H3. The maximum atomic E-state index is 10.2. The first kappa shape index (κ1) is 16.5. The summed E-state index contributed by atoms with van der Waals surface area (Å²) in [5, 5.41) is 16.0. The second-order valence-corrected chi connectivity index (χ2v) is 7.46. The van der Waals surface area contributed by atoms with E-state index in [9.17, 15) is 5.11 Å². The van der Waals surface area contributed by atoms with Gasteiger partial charge in [-0.05, 0) is 42.0 Å². The molecule has 0 spiro atoms. The van der Waals surface area contributed by atoms with Gasteiger partial charge in [-0.2, -0.15) is 0 Å². The number of phenols is 1. The second kappa shape index (κ2) is 7.43. The lowest BCUT2D eigenvalue weighted by Gasteiger charge is -2.28. The van der Waals surface area contributed by atoms with E-state index in [-0.39, 0.29) is 6.04 Å². The molecule has 0 saturated heterocycles. The van der Waals surface area contributed by atoms with Crippen LogP contribution in [0.2, 0.25) is 0 Å². The molecule has 0 bridgehead atoms. The molecule has 0 radical (unpaired) electrons. The Morgan fingerprint density at radius 2 is 2.05 bits per heavy atom. The highest BCUT2D eigenvalue weighted by molar-refractivity contribution is 9.10. The van der Waals surface area contributed by atoms with Crippen LogP contribution in [0.4, 0.5) is 0 Å². The Balaban J connectivity index is 2.26. The SMILES string of the molecule is CCC(NC(c1cccs1)C(C)C)c1cc(Br)ccc1O. The van der Waals surface area contributed by atoms with Crippen molar-refractivity contribution in [2.24, 2.45) is 5.92 Å². The molecule has 4 heteroatoms. The van der Waals surface area contributed by atoms with Gasteiger partial charge in [0.2, 0.25) is 0 Å². The van der Waals surface area contributed by atoms with Gasteiger partial charge in [-0.15, -0.1) is 11.3 Å². The summed E-state index contributed by atoms with van der Waals surface area (Å²) in [6.07, 6.45) is 0.929. The number of hydrogen-bond donors (Lipinski definition) is 2. The van der Waals surface area contributed by atoms with E-state index in [1.807, 2.05) is 12.1 Å². The summed E-state index contributed by atoms with van der Waals surface area (Å²) in [7, 11) is 0. The third-order valence-electron chi connectivity index (χ3n) is 3.67. The van der Waals surface area contributed by atoms with E-state index in [0.29, 0.717) is 17.7 Å². The molecule has 0 amide bonds. The molecule has 0 aliphatic heterocycles. The average molecular weight is 368 g/mol. The van der Waals surface area contributed by atoms with E-state index >= 15 is 0 Å². The number of benzene rings is 1. The number of halogens is 1. The molecule has 1 heterocycles. The van der Waals surface area contributed by atoms with Crippen LogP contribution in [0, 0.1) is 5.92 Å². The minimum absolute atomic E-state index is 0.136. The summed E-state index contributed by atoms with van der Waals surface area (Å²) in [5.74, 6) is 0.846. The molecular weight excluding hydrogens is 346 g/mol. The van der Waals surface area contributed by atoms with Crippen LogP contribution in [-0.2, 0) is 0 Å². The Morgan fingerprint density at radius 3 is 2.62 bits per heavy atom. The van der Waals surface area contributed by atoms with E-state index < -0.39 is 0 Å². The van der Waals surface area contributed by atoms with Gasteiger partial charge in [0.15, 0.2) is 0 Å². The lowest BCUT2D eigenvalue weighted by molar-refractivity contribution is 0.352. The van der Waals surface area contributed by atoms with E-state index in [0.717, 1.165) is 16.5 Å². The number of hydrogen-bond acceptors (Lipinski definition) is 3. The maximum Gasteiger partial charge on any atom is 0.120 e. The first-order valence-corrected chi connectivity index (χ1v) is 8.98. The van der Waals surface area contributed by atoms with Crippen LogP contribution in [-0.4, -0.2) is 5.11 Å². The predicted molar refractivity (Wildman–Crippen MR) is 93.9 cm³/mol. The van der Waals surface area contributed by atoms with Gasteiger partial charge in [0, 0.05) is 27.0 Å². The molecule has 0 aliphatic rings. The monoisotopic (exact) mass is 367 g/mol. The summed E-state index contributed by atoms with van der Waals surface area (Å²) in [4.78, 5) is 1.35. The molecule has 2 aromatic rings. The Morgan fingerprint density at radius 1 is 1.29 bits per heavy atom. The van der Waals surface area contributed by atoms with Crippen molar-refractivity contribution in [2.75, 3.05) is 0 Å². The number of thiophene rings is 1. The molecular formula is C17H22BrNOS. The van der Waals surface area contributed by atoms with E-state index in [4.69, 9.17) is 0 Å². The van der Waals surface area contributed by atoms with Crippen molar-refractivity contribution in [3.63, 3.8) is 0 Å². The smallest absolute Gasteiger partial charge is 0.120 e. The highest BCUT2D eigenvalue weighted by Crippen LogP contribution is 2.34. The minimum Gasteiger partial charge on any atom is -0.508 e. The van der Waals surface area contributed by atoms with Crippen molar-refractivity contribution in [2.45, 2.75) is 39.3 Å². The largest absolute Gasteiger partial charge is 0.508 e. The molecule has 2 atom stereocenters. The lowest BCUT2D eigenvalue weighted by atomic mass is 9.97. The molecule has 1 aromatic carbocycles. The molecule has 2 unspecified atom stereocenters. The quantitative estimate of drug-likeness (QED) is 0.690. The van der Waals surface area contributed by atoms with Crippen molar-refractivity contribution >= 4 is 27.3 Å². The Bertz CT molecular complexity index is 568. The van der Waals surface area contributed by atoms with Gasteiger partial charge >= 0.3 is 0 Å². The van der Waals surface area contributed by atoms with Gasteiger partial charge in [0.05, 0.1) is 0 Å². The van der Waals surface area contributed by atoms with Crippen LogP contribution in [0.5, 0.6) is 5.75 Å². The molecule has 2 nitrogen and oxygen atoms in total. The number of nitrogens with one attached hydrogen (secondary N) is 1. The highest BCUT2D eigenvalue weighted by Gasteiger charge is 2.22. The third-order valence-corrected chi connectivity index (χ3v) is 5.12. The Labute approximate surface area is 139 Å². The highest BCUT2D eigenvalue weighted by atomic mass is 79.9. The van der Waals surface area contributed by atoms with Crippen molar-refractivity contribution in [1.82, 2.24) is 5.32 Å². The van der Waals surface area contributed by atoms with E-state index in [1.165, 1.54) is 4.88 Å². The minimum atomic E-state index is 0.136. The molecule has 2 rings (SSSR count). The molecule has 0 aliphatic carbocycles. The normalized spacial score (nSPS) is 14.3. The fourth-order valence-electron chi connectivity index (χ4n) is 2.52. The number of phenolic OH excluding ortho intramolecular Hbond substituents is 1. The van der Waals surface area contributed by atoms with Crippen molar-refractivity contribution in [3.8, 4) is 5.75 Å². The third kappa shape index (κ3) is 4.09. The van der Waals surface area contributed by atoms with Gasteiger partial charge in [0.1, 0.15) is 5.75 Å². The van der Waals surface area contributed by atoms with Gasteiger partial charge in [-0.25, -0.2) is 0 Å². The van der Waals surface area contributed by atoms with Crippen LogP contribution in [0.15, 0.2) is 40.2 Å². The lowest BCUT2D eigenvalue weighted by Crippen LogP contribution is -2.29. The molecule has 0 fully saturated rings. The Hall–Kier alpha value is -0.840. The predicted octanol–water partition coefficient (Wildman–Crippen LogP) is 5.65. The molecule has 1 aromatic heterocycles. The van der Waals surface area contributed by atoms with Crippen LogP contribution >= 0.6 is 27.3 Å². The number of aromatic hydroxyl groups is 1. The zero-order chi connectivity index (χ0) is 15.4. The van der Waals surface area contributed by atoms with E-state index in [2.05, 4.69) is 59.5 Å². The zero-order valence-corrected chi connectivity index (χ0v) is 15.0. The zero-order valence-electron chi connectivity index (χ0n) is 12.6. The topological polar surface area (TPSA) is 32.3 Å². The first-order valence-electron chi connectivity index (χ1n) is 7.30. The van der Waals surface area contributed by atoms with Crippen LogP contribution in [0.1, 0.15) is 49.7 Å². The summed E-state index contributed by atoms with van der Waals surface area (Å²) >= 11 is 5.27. The van der Waals surface area contributed by atoms with Crippen molar-refractivity contribution in [3.05, 3.63) is 50.6 Å². The summed E-state index contributed by atoms with van der Waals surface area (Å²) in [5.41, 5.74) is 0.953. The van der Waals surface area contributed by atoms with Crippen LogP contribution < -0.4 is 5.32 Å². The average Bonchev–Trinajstić information content (AvgIpc) is 2.96. The van der Waals surface area contributed by atoms with Crippen molar-refractivity contribution in [1.29, 1.82) is 0 Å². The molecule has 114 valence electrons. The van der Waals surface area contributed by atoms with Crippen LogP contribution in [0.3, 0.4) is 0 Å². The summed E-state index contributed by atoms with van der Waals surface area (Å²) in [6, 6.07) is 10.3. The van der Waals surface area contributed by atoms with Gasteiger partial charge < -0.3 is 10.4 Å². The van der Waals surface area contributed by atoms with Crippen molar-refractivity contribution < 1.29 is 5.11 Å². The fourth-order valence-corrected chi connectivity index (χ4v) is 3.86. The fraction of sp³-hybridized carbons (Fsp3) is 0.412. The Kier molecular flexibility index (Phi) is 5.85.